The van der Waals surface area contributed by atoms with Crippen LogP contribution in [0.2, 0.25) is 0 Å². The van der Waals surface area contributed by atoms with Crippen LogP contribution in [0.3, 0.4) is 0 Å². The molecule has 116 valence electrons. The molecule has 1 aromatic heterocycles. The van der Waals surface area contributed by atoms with Gasteiger partial charge >= 0.3 is 6.03 Å². The van der Waals surface area contributed by atoms with E-state index >= 15 is 0 Å². The molecule has 3 amide bonds. The lowest BCUT2D eigenvalue weighted by atomic mass is 10.2. The summed E-state index contributed by atoms with van der Waals surface area (Å²) in [5, 5.41) is 9.96. The normalized spacial score (nSPS) is 12.0. The molecule has 2 rings (SSSR count). The molecule has 0 radical (unpaired) electrons. The number of urea groups is 1. The number of nitrogens with zero attached hydrogens (tertiary/aromatic N) is 3. The molecule has 0 aliphatic rings. The van der Waals surface area contributed by atoms with Crippen LogP contribution in [0.4, 0.5) is 9.18 Å². The fourth-order valence-electron chi connectivity index (χ4n) is 1.70. The van der Waals surface area contributed by atoms with Crippen LogP contribution in [0, 0.1) is 5.82 Å². The summed E-state index contributed by atoms with van der Waals surface area (Å²) in [5.41, 5.74) is 5.61. The molecule has 0 saturated heterocycles. The van der Waals surface area contributed by atoms with Crippen LogP contribution in [0.25, 0.3) is 11.4 Å². The molecule has 0 saturated carbocycles. The molecule has 22 heavy (non-hydrogen) atoms. The number of benzene rings is 1. The maximum atomic E-state index is 12.9. The molecule has 9 heteroatoms. The molecule has 3 N–H and O–H groups in total. The molecule has 0 aliphatic carbocycles. The van der Waals surface area contributed by atoms with Crippen molar-refractivity contribution in [1.29, 1.82) is 0 Å². The third kappa shape index (κ3) is 3.61. The summed E-state index contributed by atoms with van der Waals surface area (Å²) in [4.78, 5) is 22.3. The van der Waals surface area contributed by atoms with Gasteiger partial charge in [0.15, 0.2) is 11.0 Å². The topological polar surface area (TPSA) is 103 Å². The van der Waals surface area contributed by atoms with Gasteiger partial charge < -0.3 is 10.3 Å². The highest BCUT2D eigenvalue weighted by molar-refractivity contribution is 8.00. The Bertz CT molecular complexity index is 701. The van der Waals surface area contributed by atoms with Crippen molar-refractivity contribution in [3.63, 3.8) is 0 Å². The van der Waals surface area contributed by atoms with E-state index in [-0.39, 0.29) is 5.82 Å². The number of carbonyl (C=O) groups is 2. The van der Waals surface area contributed by atoms with Crippen LogP contribution in [0.5, 0.6) is 0 Å². The lowest BCUT2D eigenvalue weighted by Gasteiger charge is -2.09. The molecule has 0 bridgehead atoms. The average molecular weight is 323 g/mol. The van der Waals surface area contributed by atoms with Crippen LogP contribution in [-0.2, 0) is 11.8 Å². The molecule has 1 aromatic carbocycles. The minimum atomic E-state index is -0.901. The van der Waals surface area contributed by atoms with Crippen molar-refractivity contribution in [2.24, 2.45) is 12.8 Å². The van der Waals surface area contributed by atoms with Crippen molar-refractivity contribution >= 4 is 23.7 Å². The molecular weight excluding hydrogens is 309 g/mol. The number of aromatic nitrogens is 3. The molecule has 2 aromatic rings. The smallest absolute Gasteiger partial charge is 0.318 e. The van der Waals surface area contributed by atoms with Crippen LogP contribution < -0.4 is 11.1 Å². The number of imide groups is 1. The fourth-order valence-corrected chi connectivity index (χ4v) is 2.52. The Morgan fingerprint density at radius 2 is 1.95 bits per heavy atom. The number of nitrogens with one attached hydrogen (secondary N) is 1. The largest absolute Gasteiger partial charge is 0.351 e. The van der Waals surface area contributed by atoms with Crippen LogP contribution >= 0.6 is 11.8 Å². The molecular formula is C13H14FN5O2S. The Morgan fingerprint density at radius 1 is 1.32 bits per heavy atom. The van der Waals surface area contributed by atoms with E-state index < -0.39 is 17.2 Å². The van der Waals surface area contributed by atoms with E-state index in [1.165, 1.54) is 12.1 Å². The zero-order chi connectivity index (χ0) is 16.3. The minimum Gasteiger partial charge on any atom is -0.351 e. The quantitative estimate of drug-likeness (QED) is 0.826. The fraction of sp³-hybridized carbons (Fsp3) is 0.231. The highest BCUT2D eigenvalue weighted by Crippen LogP contribution is 2.25. The Hall–Kier alpha value is -2.42. The van der Waals surface area contributed by atoms with E-state index in [1.807, 2.05) is 5.32 Å². The Kier molecular flexibility index (Phi) is 4.76. The van der Waals surface area contributed by atoms with Crippen molar-refractivity contribution in [1.82, 2.24) is 20.1 Å². The van der Waals surface area contributed by atoms with Crippen LogP contribution in [-0.4, -0.2) is 32.0 Å². The number of rotatable bonds is 4. The van der Waals surface area contributed by atoms with E-state index in [0.717, 1.165) is 11.8 Å². The van der Waals surface area contributed by atoms with Gasteiger partial charge in [0.1, 0.15) is 5.82 Å². The molecule has 0 aliphatic heterocycles. The van der Waals surface area contributed by atoms with Crippen molar-refractivity contribution in [2.75, 3.05) is 0 Å². The molecule has 1 heterocycles. The van der Waals surface area contributed by atoms with Gasteiger partial charge in [0.05, 0.1) is 5.25 Å². The highest BCUT2D eigenvalue weighted by atomic mass is 32.2. The van der Waals surface area contributed by atoms with Crippen LogP contribution in [0.1, 0.15) is 6.92 Å². The van der Waals surface area contributed by atoms with Gasteiger partial charge in [-0.1, -0.05) is 11.8 Å². The summed E-state index contributed by atoms with van der Waals surface area (Å²) < 4.78 is 14.6. The highest BCUT2D eigenvalue weighted by Gasteiger charge is 2.20. The number of hydrogen-bond acceptors (Lipinski definition) is 5. The molecule has 1 atom stereocenters. The van der Waals surface area contributed by atoms with Gasteiger partial charge in [0, 0.05) is 12.6 Å². The molecule has 1 unspecified atom stereocenters. The summed E-state index contributed by atoms with van der Waals surface area (Å²) in [7, 11) is 1.74. The van der Waals surface area contributed by atoms with E-state index in [9.17, 15) is 14.0 Å². The Morgan fingerprint density at radius 3 is 2.55 bits per heavy atom. The van der Waals surface area contributed by atoms with Gasteiger partial charge in [0.2, 0.25) is 5.91 Å². The first-order chi connectivity index (χ1) is 10.4. The number of nitrogens with two attached hydrogens (primary N) is 1. The lowest BCUT2D eigenvalue weighted by molar-refractivity contribution is -0.119. The second-order valence-electron chi connectivity index (χ2n) is 4.49. The Labute approximate surface area is 130 Å². The summed E-state index contributed by atoms with van der Waals surface area (Å²) in [6, 6.07) is 4.95. The van der Waals surface area contributed by atoms with Gasteiger partial charge in [-0.25, -0.2) is 9.18 Å². The predicted octanol–water partition coefficient (Wildman–Crippen LogP) is 1.30. The predicted molar refractivity (Wildman–Crippen MR) is 79.4 cm³/mol. The maximum Gasteiger partial charge on any atom is 0.318 e. The van der Waals surface area contributed by atoms with E-state index in [2.05, 4.69) is 10.2 Å². The second-order valence-corrected chi connectivity index (χ2v) is 5.79. The zero-order valence-corrected chi connectivity index (χ0v) is 12.7. The van der Waals surface area contributed by atoms with Gasteiger partial charge in [0.25, 0.3) is 0 Å². The zero-order valence-electron chi connectivity index (χ0n) is 11.9. The third-order valence-corrected chi connectivity index (χ3v) is 3.97. The van der Waals surface area contributed by atoms with Crippen molar-refractivity contribution in [3.8, 4) is 11.4 Å². The van der Waals surface area contributed by atoms with Crippen molar-refractivity contribution in [3.05, 3.63) is 30.1 Å². The SMILES string of the molecule is CC(Sc1nnc(-c2ccc(F)cc2)n1C)C(=O)NC(N)=O. The van der Waals surface area contributed by atoms with Gasteiger partial charge in [-0.2, -0.15) is 0 Å². The van der Waals surface area contributed by atoms with Crippen molar-refractivity contribution in [2.45, 2.75) is 17.3 Å². The third-order valence-electron chi connectivity index (χ3n) is 2.84. The number of amides is 3. The minimum absolute atomic E-state index is 0.336. The summed E-state index contributed by atoms with van der Waals surface area (Å²) in [6.07, 6.45) is 0. The van der Waals surface area contributed by atoms with E-state index in [4.69, 9.17) is 5.73 Å². The van der Waals surface area contributed by atoms with Crippen molar-refractivity contribution < 1.29 is 14.0 Å². The first-order valence-corrected chi connectivity index (χ1v) is 7.18. The number of halogens is 1. The molecule has 7 nitrogen and oxygen atoms in total. The second kappa shape index (κ2) is 6.56. The molecule has 0 spiro atoms. The standard InChI is InChI=1S/C13H14FN5O2S/c1-7(11(20)16-12(15)21)22-13-18-17-10(19(13)2)8-3-5-9(14)6-4-8/h3-7H,1-2H3,(H3,15,16,20,21). The number of primary amides is 1. The first kappa shape index (κ1) is 16.0. The van der Waals surface area contributed by atoms with Gasteiger partial charge in [-0.3, -0.25) is 10.1 Å². The number of carbonyl (C=O) groups excluding carboxylic acids is 2. The van der Waals surface area contributed by atoms with Crippen LogP contribution in [0.15, 0.2) is 29.4 Å². The average Bonchev–Trinajstić information content (AvgIpc) is 2.80. The Balaban J connectivity index is 2.16. The van der Waals surface area contributed by atoms with E-state index in [0.29, 0.717) is 16.5 Å². The van der Waals surface area contributed by atoms with Gasteiger partial charge in [-0.15, -0.1) is 10.2 Å². The first-order valence-electron chi connectivity index (χ1n) is 6.30. The monoisotopic (exact) mass is 323 g/mol. The molecule has 0 fully saturated rings. The number of hydrogen-bond donors (Lipinski definition) is 2. The number of thioether (sulfide) groups is 1. The lowest BCUT2D eigenvalue weighted by Crippen LogP contribution is -2.39. The summed E-state index contributed by atoms with van der Waals surface area (Å²) >= 11 is 1.13. The maximum absolute atomic E-state index is 12.9. The van der Waals surface area contributed by atoms with E-state index in [1.54, 1.807) is 30.7 Å². The summed E-state index contributed by atoms with van der Waals surface area (Å²) in [6.45, 7) is 1.62. The van der Waals surface area contributed by atoms with Gasteiger partial charge in [-0.05, 0) is 31.2 Å². The summed E-state index contributed by atoms with van der Waals surface area (Å²) in [5.74, 6) is -0.300.